The molecule has 1 N–H and O–H groups in total. The van der Waals surface area contributed by atoms with Crippen LogP contribution >= 0.6 is 22.9 Å². The van der Waals surface area contributed by atoms with Crippen LogP contribution in [-0.2, 0) is 11.0 Å². The van der Waals surface area contributed by atoms with Gasteiger partial charge in [0.1, 0.15) is 5.60 Å². The van der Waals surface area contributed by atoms with E-state index in [-0.39, 0.29) is 0 Å². The molecule has 1 aromatic heterocycles. The summed E-state index contributed by atoms with van der Waals surface area (Å²) in [6.07, 6.45) is 0. The Morgan fingerprint density at radius 2 is 0.894 bits per heavy atom. The van der Waals surface area contributed by atoms with Crippen molar-refractivity contribution in [1.29, 1.82) is 0 Å². The van der Waals surface area contributed by atoms with Crippen molar-refractivity contribution in [3.63, 3.8) is 0 Å². The zero-order chi connectivity index (χ0) is 31.3. The van der Waals surface area contributed by atoms with Crippen molar-refractivity contribution in [3.05, 3.63) is 202 Å². The van der Waals surface area contributed by atoms with Gasteiger partial charge < -0.3 is 5.11 Å². The Hall–Kier alpha value is -4.99. The SMILES string of the molecule is OC1(c2c(Cl)cccc2-c2cccc3c2sc2ccccc23)c2ccccc2C2(c3ccccc3-c3ccccc32)c2ccccc21. The fourth-order valence-corrected chi connectivity index (χ4v) is 10.2. The number of benzene rings is 7. The number of halogens is 1. The molecule has 2 aliphatic rings. The van der Waals surface area contributed by atoms with Crippen molar-refractivity contribution in [3.8, 4) is 22.3 Å². The second kappa shape index (κ2) is 9.76. The highest BCUT2D eigenvalue weighted by Gasteiger charge is 2.56. The van der Waals surface area contributed by atoms with Gasteiger partial charge in [-0.3, -0.25) is 0 Å². The molecular formula is C44H27ClOS. The van der Waals surface area contributed by atoms with E-state index in [0.717, 1.165) is 33.4 Å². The highest BCUT2D eigenvalue weighted by molar-refractivity contribution is 7.26. The highest BCUT2D eigenvalue weighted by atomic mass is 35.5. The molecule has 0 radical (unpaired) electrons. The molecule has 0 saturated carbocycles. The van der Waals surface area contributed by atoms with E-state index in [1.807, 2.05) is 24.3 Å². The number of hydrogen-bond acceptors (Lipinski definition) is 2. The highest BCUT2D eigenvalue weighted by Crippen LogP contribution is 2.63. The Kier molecular flexibility index (Phi) is 5.64. The van der Waals surface area contributed by atoms with E-state index < -0.39 is 11.0 Å². The van der Waals surface area contributed by atoms with Gasteiger partial charge >= 0.3 is 0 Å². The summed E-state index contributed by atoms with van der Waals surface area (Å²) >= 11 is 9.11. The van der Waals surface area contributed by atoms with E-state index in [9.17, 15) is 5.11 Å². The van der Waals surface area contributed by atoms with Gasteiger partial charge in [0.05, 0.1) is 5.41 Å². The fraction of sp³-hybridized carbons (Fsp3) is 0.0455. The van der Waals surface area contributed by atoms with Crippen molar-refractivity contribution in [2.24, 2.45) is 0 Å². The Bertz CT molecular complexity index is 2480. The molecule has 0 unspecified atom stereocenters. The summed E-state index contributed by atoms with van der Waals surface area (Å²) < 4.78 is 2.43. The van der Waals surface area contributed by atoms with Crippen LogP contribution in [0.1, 0.15) is 38.9 Å². The minimum Gasteiger partial charge on any atom is -0.376 e. The van der Waals surface area contributed by atoms with Crippen LogP contribution in [0.25, 0.3) is 42.4 Å². The molecule has 8 aromatic rings. The van der Waals surface area contributed by atoms with Gasteiger partial charge in [-0.05, 0) is 67.8 Å². The molecule has 47 heavy (non-hydrogen) atoms. The van der Waals surface area contributed by atoms with Crippen LogP contribution in [0.15, 0.2) is 158 Å². The Morgan fingerprint density at radius 3 is 1.55 bits per heavy atom. The number of thiophene rings is 1. The van der Waals surface area contributed by atoms with Crippen molar-refractivity contribution in [2.75, 3.05) is 0 Å². The Morgan fingerprint density at radius 1 is 0.426 bits per heavy atom. The second-order valence-electron chi connectivity index (χ2n) is 12.6. The van der Waals surface area contributed by atoms with Crippen molar-refractivity contribution >= 4 is 43.1 Å². The second-order valence-corrected chi connectivity index (χ2v) is 14.0. The molecule has 0 bridgehead atoms. The minimum absolute atomic E-state index is 0.538. The molecule has 0 fully saturated rings. The summed E-state index contributed by atoms with van der Waals surface area (Å²) in [6, 6.07) is 55.5. The zero-order valence-corrected chi connectivity index (χ0v) is 26.8. The molecule has 0 aliphatic heterocycles. The monoisotopic (exact) mass is 638 g/mol. The van der Waals surface area contributed by atoms with E-state index in [1.54, 1.807) is 11.3 Å². The van der Waals surface area contributed by atoms with Gasteiger partial charge in [-0.15, -0.1) is 11.3 Å². The average Bonchev–Trinajstić information content (AvgIpc) is 3.65. The van der Waals surface area contributed by atoms with Crippen LogP contribution in [0.4, 0.5) is 0 Å². The van der Waals surface area contributed by atoms with Gasteiger partial charge in [0, 0.05) is 30.8 Å². The normalized spacial score (nSPS) is 14.9. The largest absolute Gasteiger partial charge is 0.376 e. The number of aliphatic hydroxyl groups is 1. The van der Waals surface area contributed by atoms with Gasteiger partial charge in [-0.2, -0.15) is 0 Å². The maximum atomic E-state index is 13.7. The molecule has 0 atom stereocenters. The molecule has 1 heterocycles. The molecule has 7 aromatic carbocycles. The molecule has 3 heteroatoms. The molecule has 0 saturated heterocycles. The van der Waals surface area contributed by atoms with Crippen LogP contribution in [0.5, 0.6) is 0 Å². The van der Waals surface area contributed by atoms with Gasteiger partial charge in [0.25, 0.3) is 0 Å². The summed E-state index contributed by atoms with van der Waals surface area (Å²) in [5, 5.41) is 16.7. The third-order valence-electron chi connectivity index (χ3n) is 10.5. The van der Waals surface area contributed by atoms with Gasteiger partial charge in [-0.1, -0.05) is 157 Å². The molecule has 10 rings (SSSR count). The van der Waals surface area contributed by atoms with Gasteiger partial charge in [-0.25, -0.2) is 0 Å². The molecule has 0 amide bonds. The molecule has 1 nitrogen and oxygen atoms in total. The van der Waals surface area contributed by atoms with Crippen LogP contribution < -0.4 is 0 Å². The standard InChI is InChI=1S/C44H27ClOS/c45-39-25-12-16-30(32-18-11-17-31-29-15-3-10-26-40(29)47-42(31)32)41(39)44(46)37-23-8-6-21-35(37)43(36-22-7-9-24-38(36)44)33-19-4-1-13-27(33)28-14-2-5-20-34(28)43/h1-26,46H. The van der Waals surface area contributed by atoms with Crippen molar-refractivity contribution in [1.82, 2.24) is 0 Å². The van der Waals surface area contributed by atoms with Crippen LogP contribution in [0, 0.1) is 0 Å². The predicted molar refractivity (Wildman–Crippen MR) is 196 cm³/mol. The third-order valence-corrected chi connectivity index (χ3v) is 12.0. The molecular weight excluding hydrogens is 612 g/mol. The first-order chi connectivity index (χ1) is 23.1. The zero-order valence-electron chi connectivity index (χ0n) is 25.2. The summed E-state index contributed by atoms with van der Waals surface area (Å²) in [7, 11) is 0. The first-order valence-corrected chi connectivity index (χ1v) is 17.1. The number of hydrogen-bond donors (Lipinski definition) is 1. The van der Waals surface area contributed by atoms with Crippen LogP contribution in [-0.4, -0.2) is 5.11 Å². The molecule has 2 aliphatic carbocycles. The van der Waals surface area contributed by atoms with Crippen molar-refractivity contribution < 1.29 is 5.11 Å². The summed E-state index contributed by atoms with van der Waals surface area (Å²) in [5.74, 6) is 0. The van der Waals surface area contributed by atoms with E-state index in [4.69, 9.17) is 11.6 Å². The lowest BCUT2D eigenvalue weighted by molar-refractivity contribution is 0.119. The quantitative estimate of drug-likeness (QED) is 0.200. The maximum Gasteiger partial charge on any atom is 0.143 e. The van der Waals surface area contributed by atoms with E-state index in [0.29, 0.717) is 10.6 Å². The van der Waals surface area contributed by atoms with Crippen LogP contribution in [0.2, 0.25) is 5.02 Å². The number of rotatable bonds is 2. The smallest absolute Gasteiger partial charge is 0.143 e. The Labute approximate surface area is 282 Å². The lowest BCUT2D eigenvalue weighted by Crippen LogP contribution is -2.44. The van der Waals surface area contributed by atoms with E-state index in [2.05, 4.69) is 133 Å². The summed E-state index contributed by atoms with van der Waals surface area (Å²) in [6.45, 7) is 0. The lowest BCUT2D eigenvalue weighted by atomic mass is 9.56. The first kappa shape index (κ1) is 27.2. The first-order valence-electron chi connectivity index (χ1n) is 15.9. The molecule has 1 spiro atoms. The fourth-order valence-electron chi connectivity index (χ4n) is 8.70. The van der Waals surface area contributed by atoms with E-state index in [1.165, 1.54) is 42.4 Å². The van der Waals surface area contributed by atoms with Crippen molar-refractivity contribution in [2.45, 2.75) is 11.0 Å². The Balaban J connectivity index is 1.34. The number of fused-ring (bicyclic) bond motifs is 12. The van der Waals surface area contributed by atoms with E-state index >= 15 is 0 Å². The third kappa shape index (κ3) is 3.37. The minimum atomic E-state index is -1.53. The summed E-state index contributed by atoms with van der Waals surface area (Å²) in [4.78, 5) is 0. The van der Waals surface area contributed by atoms with Gasteiger partial charge in [0.2, 0.25) is 0 Å². The average molecular weight is 639 g/mol. The summed E-state index contributed by atoms with van der Waals surface area (Å²) in [5.41, 5.74) is 9.36. The van der Waals surface area contributed by atoms with Crippen LogP contribution in [0.3, 0.4) is 0 Å². The van der Waals surface area contributed by atoms with Gasteiger partial charge in [0.15, 0.2) is 0 Å². The lowest BCUT2D eigenvalue weighted by Gasteiger charge is -2.47. The predicted octanol–water partition coefficient (Wildman–Crippen LogP) is 11.3. The molecule has 222 valence electrons. The topological polar surface area (TPSA) is 20.2 Å². The maximum absolute atomic E-state index is 13.7.